The van der Waals surface area contributed by atoms with Gasteiger partial charge in [-0.1, -0.05) is 6.07 Å². The summed E-state index contributed by atoms with van der Waals surface area (Å²) in [7, 11) is 1.34. The van der Waals surface area contributed by atoms with Crippen molar-refractivity contribution in [3.8, 4) is 0 Å². The number of pyridine rings is 1. The normalized spacial score (nSPS) is 10.5. The summed E-state index contributed by atoms with van der Waals surface area (Å²) in [5.41, 5.74) is 1.08. The summed E-state index contributed by atoms with van der Waals surface area (Å²) in [6, 6.07) is 5.56. The molecule has 78 valence electrons. The van der Waals surface area contributed by atoms with Crippen molar-refractivity contribution in [2.24, 2.45) is 0 Å². The SMILES string of the molecule is COC(=O)c1nc(CS)n2ccccc12. The maximum absolute atomic E-state index is 11.4. The highest BCUT2D eigenvalue weighted by Crippen LogP contribution is 2.15. The first kappa shape index (κ1) is 10.0. The average Bonchev–Trinajstić information content (AvgIpc) is 2.67. The zero-order valence-corrected chi connectivity index (χ0v) is 9.07. The van der Waals surface area contributed by atoms with Crippen LogP contribution in [0.25, 0.3) is 5.52 Å². The molecule has 0 saturated heterocycles. The summed E-state index contributed by atoms with van der Waals surface area (Å²) >= 11 is 4.16. The van der Waals surface area contributed by atoms with E-state index in [4.69, 9.17) is 0 Å². The van der Waals surface area contributed by atoms with E-state index in [0.29, 0.717) is 11.4 Å². The van der Waals surface area contributed by atoms with E-state index < -0.39 is 5.97 Å². The molecule has 0 atom stereocenters. The molecule has 0 N–H and O–H groups in total. The van der Waals surface area contributed by atoms with Crippen LogP contribution in [0, 0.1) is 0 Å². The Hall–Kier alpha value is -1.49. The molecule has 0 unspecified atom stereocenters. The number of methoxy groups -OCH3 is 1. The van der Waals surface area contributed by atoms with Crippen LogP contribution >= 0.6 is 12.6 Å². The average molecular weight is 222 g/mol. The van der Waals surface area contributed by atoms with Crippen LogP contribution in [0.2, 0.25) is 0 Å². The fourth-order valence-electron chi connectivity index (χ4n) is 1.46. The predicted octanol–water partition coefficient (Wildman–Crippen LogP) is 1.55. The number of hydrogen-bond acceptors (Lipinski definition) is 4. The third-order valence-corrected chi connectivity index (χ3v) is 2.42. The van der Waals surface area contributed by atoms with Crippen molar-refractivity contribution in [2.45, 2.75) is 5.75 Å². The molecule has 0 saturated carbocycles. The summed E-state index contributed by atoms with van der Waals surface area (Å²) in [5, 5.41) is 0. The van der Waals surface area contributed by atoms with Gasteiger partial charge in [-0.25, -0.2) is 9.78 Å². The van der Waals surface area contributed by atoms with Crippen LogP contribution in [0.15, 0.2) is 24.4 Å². The van der Waals surface area contributed by atoms with Gasteiger partial charge in [-0.05, 0) is 12.1 Å². The van der Waals surface area contributed by atoms with Gasteiger partial charge < -0.3 is 9.14 Å². The highest BCUT2D eigenvalue weighted by atomic mass is 32.1. The molecule has 0 aromatic carbocycles. The van der Waals surface area contributed by atoms with Crippen molar-refractivity contribution in [3.63, 3.8) is 0 Å². The van der Waals surface area contributed by atoms with Crippen molar-refractivity contribution in [1.29, 1.82) is 0 Å². The Balaban J connectivity index is 2.70. The number of rotatable bonds is 2. The zero-order chi connectivity index (χ0) is 10.8. The molecular formula is C10H10N2O2S. The van der Waals surface area contributed by atoms with Crippen LogP contribution in [0.3, 0.4) is 0 Å². The summed E-state index contributed by atoms with van der Waals surface area (Å²) in [4.78, 5) is 15.6. The van der Waals surface area contributed by atoms with Crippen LogP contribution < -0.4 is 0 Å². The largest absolute Gasteiger partial charge is 0.464 e. The number of aromatic nitrogens is 2. The van der Waals surface area contributed by atoms with Crippen molar-refractivity contribution in [1.82, 2.24) is 9.38 Å². The summed E-state index contributed by atoms with van der Waals surface area (Å²) in [6.45, 7) is 0. The van der Waals surface area contributed by atoms with E-state index >= 15 is 0 Å². The van der Waals surface area contributed by atoms with Gasteiger partial charge in [0.15, 0.2) is 5.69 Å². The van der Waals surface area contributed by atoms with E-state index in [1.165, 1.54) is 7.11 Å². The zero-order valence-electron chi connectivity index (χ0n) is 8.17. The lowest BCUT2D eigenvalue weighted by Crippen LogP contribution is -2.02. The number of nitrogens with zero attached hydrogens (tertiary/aromatic N) is 2. The monoisotopic (exact) mass is 222 g/mol. The van der Waals surface area contributed by atoms with E-state index in [2.05, 4.69) is 22.3 Å². The number of carbonyl (C=O) groups excluding carboxylic acids is 1. The number of fused-ring (bicyclic) bond motifs is 1. The summed E-state index contributed by atoms with van der Waals surface area (Å²) < 4.78 is 6.50. The quantitative estimate of drug-likeness (QED) is 0.619. The Morgan fingerprint density at radius 3 is 3.07 bits per heavy atom. The molecule has 4 nitrogen and oxygen atoms in total. The molecule has 2 aromatic rings. The van der Waals surface area contributed by atoms with E-state index in [0.717, 1.165) is 11.3 Å². The number of thiol groups is 1. The molecule has 0 amide bonds. The van der Waals surface area contributed by atoms with Crippen LogP contribution in [0.4, 0.5) is 0 Å². The Morgan fingerprint density at radius 1 is 1.60 bits per heavy atom. The van der Waals surface area contributed by atoms with Crippen LogP contribution in [0.5, 0.6) is 0 Å². The number of imidazole rings is 1. The molecule has 0 fully saturated rings. The topological polar surface area (TPSA) is 43.6 Å². The second-order valence-corrected chi connectivity index (χ2v) is 3.30. The van der Waals surface area contributed by atoms with E-state index in [9.17, 15) is 4.79 Å². The predicted molar refractivity (Wildman–Crippen MR) is 59.2 cm³/mol. The second kappa shape index (κ2) is 3.94. The first-order valence-electron chi connectivity index (χ1n) is 4.43. The molecule has 5 heteroatoms. The van der Waals surface area contributed by atoms with E-state index in [1.807, 2.05) is 28.8 Å². The lowest BCUT2D eigenvalue weighted by molar-refractivity contribution is 0.0597. The highest BCUT2D eigenvalue weighted by Gasteiger charge is 2.16. The number of carbonyl (C=O) groups is 1. The number of esters is 1. The van der Waals surface area contributed by atoms with Crippen molar-refractivity contribution >= 4 is 24.1 Å². The minimum Gasteiger partial charge on any atom is -0.464 e. The van der Waals surface area contributed by atoms with E-state index in [1.54, 1.807) is 0 Å². The first-order valence-corrected chi connectivity index (χ1v) is 5.06. The Bertz CT molecular complexity index is 507. The van der Waals surface area contributed by atoms with Crippen LogP contribution in [0.1, 0.15) is 16.3 Å². The fraction of sp³-hybridized carbons (Fsp3) is 0.200. The van der Waals surface area contributed by atoms with Crippen LogP contribution in [-0.2, 0) is 10.5 Å². The standard InChI is InChI=1S/C10H10N2O2S/c1-14-10(13)9-7-4-2-3-5-12(7)8(6-15)11-9/h2-5,15H,6H2,1H3. The Labute approximate surface area is 92.3 Å². The lowest BCUT2D eigenvalue weighted by Gasteiger charge is -1.96. The molecule has 0 spiro atoms. The first-order chi connectivity index (χ1) is 7.27. The molecular weight excluding hydrogens is 212 g/mol. The molecule has 0 radical (unpaired) electrons. The van der Waals surface area contributed by atoms with Gasteiger partial charge in [0.25, 0.3) is 0 Å². The van der Waals surface area contributed by atoms with Gasteiger partial charge in [-0.15, -0.1) is 0 Å². The molecule has 2 heterocycles. The van der Waals surface area contributed by atoms with Gasteiger partial charge in [0.05, 0.1) is 12.6 Å². The maximum atomic E-state index is 11.4. The van der Waals surface area contributed by atoms with Gasteiger partial charge in [0, 0.05) is 11.9 Å². The minimum atomic E-state index is -0.424. The molecule has 0 aliphatic carbocycles. The molecule has 0 aliphatic rings. The molecule has 2 aromatic heterocycles. The Morgan fingerprint density at radius 2 is 2.40 bits per heavy atom. The summed E-state index contributed by atoms with van der Waals surface area (Å²) in [6.07, 6.45) is 1.85. The third kappa shape index (κ3) is 1.59. The van der Waals surface area contributed by atoms with E-state index in [-0.39, 0.29) is 0 Å². The molecule has 15 heavy (non-hydrogen) atoms. The van der Waals surface area contributed by atoms with Gasteiger partial charge in [0.1, 0.15) is 5.82 Å². The van der Waals surface area contributed by atoms with Gasteiger partial charge >= 0.3 is 5.97 Å². The van der Waals surface area contributed by atoms with Crippen molar-refractivity contribution < 1.29 is 9.53 Å². The van der Waals surface area contributed by atoms with Crippen molar-refractivity contribution in [2.75, 3.05) is 7.11 Å². The smallest absolute Gasteiger partial charge is 0.358 e. The van der Waals surface area contributed by atoms with Gasteiger partial charge in [0.2, 0.25) is 0 Å². The summed E-state index contributed by atoms with van der Waals surface area (Å²) in [5.74, 6) is 0.781. The maximum Gasteiger partial charge on any atom is 0.358 e. The fourth-order valence-corrected chi connectivity index (χ4v) is 1.68. The molecule has 0 aliphatic heterocycles. The van der Waals surface area contributed by atoms with Crippen molar-refractivity contribution in [3.05, 3.63) is 35.9 Å². The molecule has 0 bridgehead atoms. The lowest BCUT2D eigenvalue weighted by atomic mass is 10.3. The number of hydrogen-bond donors (Lipinski definition) is 1. The molecule has 2 rings (SSSR count). The van der Waals surface area contributed by atoms with Crippen LogP contribution in [-0.4, -0.2) is 22.5 Å². The Kier molecular flexibility index (Phi) is 2.64. The second-order valence-electron chi connectivity index (χ2n) is 2.98. The van der Waals surface area contributed by atoms with Gasteiger partial charge in [-0.2, -0.15) is 12.6 Å². The third-order valence-electron chi connectivity index (χ3n) is 2.14. The van der Waals surface area contributed by atoms with Gasteiger partial charge in [-0.3, -0.25) is 0 Å². The minimum absolute atomic E-state index is 0.335. The number of ether oxygens (including phenoxy) is 1. The highest BCUT2D eigenvalue weighted by molar-refractivity contribution is 7.79.